The minimum Gasteiger partial charge on any atom is -0.319 e. The second-order valence-electron chi connectivity index (χ2n) is 6.16. The van der Waals surface area contributed by atoms with Gasteiger partial charge in [-0.15, -0.1) is 0 Å². The first-order chi connectivity index (χ1) is 12.7. The minimum absolute atomic E-state index is 0.0249. The summed E-state index contributed by atoms with van der Waals surface area (Å²) >= 11 is 0. The largest absolute Gasteiger partial charge is 0.319 e. The summed E-state index contributed by atoms with van der Waals surface area (Å²) in [4.78, 5) is 14.1. The molecule has 0 aliphatic heterocycles. The van der Waals surface area contributed by atoms with Gasteiger partial charge in [0.15, 0.2) is 0 Å². The smallest absolute Gasteiger partial charge is 0.255 e. The zero-order valence-corrected chi connectivity index (χ0v) is 15.8. The Kier molecular flexibility index (Phi) is 7.00. The van der Waals surface area contributed by atoms with E-state index in [4.69, 9.17) is 0 Å². The van der Waals surface area contributed by atoms with Gasteiger partial charge < -0.3 is 10.2 Å². The van der Waals surface area contributed by atoms with Crippen LogP contribution in [-0.2, 0) is 10.0 Å². The highest BCUT2D eigenvalue weighted by Gasteiger charge is 2.15. The number of sulfonamides is 1. The van der Waals surface area contributed by atoms with Crippen molar-refractivity contribution in [2.75, 3.05) is 32.5 Å². The first-order valence-electron chi connectivity index (χ1n) is 8.20. The van der Waals surface area contributed by atoms with Crippen LogP contribution >= 0.6 is 0 Å². The summed E-state index contributed by atoms with van der Waals surface area (Å²) in [5.74, 6) is -2.29. The number of amides is 1. The Labute approximate surface area is 157 Å². The van der Waals surface area contributed by atoms with Crippen molar-refractivity contribution >= 4 is 21.6 Å². The van der Waals surface area contributed by atoms with E-state index >= 15 is 0 Å². The van der Waals surface area contributed by atoms with Gasteiger partial charge in [0, 0.05) is 18.2 Å². The van der Waals surface area contributed by atoms with Crippen molar-refractivity contribution in [3.8, 4) is 0 Å². The van der Waals surface area contributed by atoms with E-state index < -0.39 is 27.6 Å². The number of nitrogens with zero attached hydrogens (tertiary/aromatic N) is 1. The van der Waals surface area contributed by atoms with Gasteiger partial charge in [0.05, 0.1) is 10.6 Å². The summed E-state index contributed by atoms with van der Waals surface area (Å²) in [6, 6.07) is 8.04. The first kappa shape index (κ1) is 20.9. The van der Waals surface area contributed by atoms with Crippen molar-refractivity contribution in [2.24, 2.45) is 0 Å². The lowest BCUT2D eigenvalue weighted by Gasteiger charge is -2.11. The standard InChI is InChI=1S/C18H21F2N3O3S/c1-23(2)11-3-10-21-27(25,26)15-7-4-13(5-8-15)18(24)22-17-9-6-14(19)12-16(17)20/h4-9,12,21H,3,10-11H2,1-2H3,(H,22,24). The van der Waals surface area contributed by atoms with E-state index in [1.807, 2.05) is 19.0 Å². The first-order valence-corrected chi connectivity index (χ1v) is 9.68. The van der Waals surface area contributed by atoms with Crippen LogP contribution < -0.4 is 10.0 Å². The number of benzene rings is 2. The van der Waals surface area contributed by atoms with E-state index in [-0.39, 0.29) is 16.1 Å². The molecule has 1 amide bonds. The Morgan fingerprint density at radius 3 is 2.33 bits per heavy atom. The predicted molar refractivity (Wildman–Crippen MR) is 99.1 cm³/mol. The molecule has 0 saturated heterocycles. The molecule has 146 valence electrons. The topological polar surface area (TPSA) is 78.5 Å². The molecule has 0 atom stereocenters. The molecule has 0 saturated carbocycles. The average Bonchev–Trinajstić information content (AvgIpc) is 2.61. The molecule has 0 bridgehead atoms. The van der Waals surface area contributed by atoms with E-state index in [1.165, 1.54) is 24.3 Å². The molecule has 0 aromatic heterocycles. The van der Waals surface area contributed by atoms with Crippen LogP contribution in [0.15, 0.2) is 47.4 Å². The number of halogens is 2. The molecule has 9 heteroatoms. The number of hydrogen-bond donors (Lipinski definition) is 2. The zero-order valence-electron chi connectivity index (χ0n) is 15.0. The predicted octanol–water partition coefficient (Wildman–Crippen LogP) is 2.45. The van der Waals surface area contributed by atoms with Crippen LogP contribution in [0.25, 0.3) is 0 Å². The molecule has 2 aromatic carbocycles. The fraction of sp³-hybridized carbons (Fsp3) is 0.278. The molecule has 27 heavy (non-hydrogen) atoms. The van der Waals surface area contributed by atoms with Crippen LogP contribution in [-0.4, -0.2) is 46.4 Å². The van der Waals surface area contributed by atoms with E-state index in [1.54, 1.807) is 0 Å². The fourth-order valence-electron chi connectivity index (χ4n) is 2.26. The molecule has 0 fully saturated rings. The van der Waals surface area contributed by atoms with Gasteiger partial charge in [0.1, 0.15) is 11.6 Å². The van der Waals surface area contributed by atoms with Gasteiger partial charge in [-0.3, -0.25) is 4.79 Å². The number of carbonyl (C=O) groups is 1. The van der Waals surface area contributed by atoms with Crippen molar-refractivity contribution in [3.63, 3.8) is 0 Å². The van der Waals surface area contributed by atoms with Crippen molar-refractivity contribution in [2.45, 2.75) is 11.3 Å². The zero-order chi connectivity index (χ0) is 20.0. The van der Waals surface area contributed by atoms with Crippen LogP contribution in [0.2, 0.25) is 0 Å². The van der Waals surface area contributed by atoms with Crippen molar-refractivity contribution in [1.82, 2.24) is 9.62 Å². The third-order valence-corrected chi connectivity index (χ3v) is 5.16. The second kappa shape index (κ2) is 9.03. The lowest BCUT2D eigenvalue weighted by Crippen LogP contribution is -2.27. The highest BCUT2D eigenvalue weighted by molar-refractivity contribution is 7.89. The third-order valence-electron chi connectivity index (χ3n) is 3.68. The number of rotatable bonds is 8. The molecule has 2 rings (SSSR count). The van der Waals surface area contributed by atoms with E-state index in [0.29, 0.717) is 19.0 Å². The summed E-state index contributed by atoms with van der Waals surface area (Å²) in [6.07, 6.45) is 0.663. The minimum atomic E-state index is -3.67. The summed E-state index contributed by atoms with van der Waals surface area (Å²) in [5.41, 5.74) is -0.0223. The maximum Gasteiger partial charge on any atom is 0.255 e. The molecule has 2 aromatic rings. The van der Waals surface area contributed by atoms with Gasteiger partial charge in [0.25, 0.3) is 5.91 Å². The number of anilines is 1. The summed E-state index contributed by atoms with van der Waals surface area (Å²) in [5, 5.41) is 2.31. The highest BCUT2D eigenvalue weighted by atomic mass is 32.2. The van der Waals surface area contributed by atoms with Gasteiger partial charge in [-0.25, -0.2) is 21.9 Å². The third kappa shape index (κ3) is 6.09. The summed E-state index contributed by atoms with van der Waals surface area (Å²) in [7, 11) is 0.125. The number of carbonyl (C=O) groups excluding carboxylic acids is 1. The molecule has 0 spiro atoms. The van der Waals surface area contributed by atoms with Crippen LogP contribution in [0.1, 0.15) is 16.8 Å². The molecule has 6 nitrogen and oxygen atoms in total. The van der Waals surface area contributed by atoms with Gasteiger partial charge >= 0.3 is 0 Å². The summed E-state index contributed by atoms with van der Waals surface area (Å²) < 4.78 is 53.4. The molecule has 0 unspecified atom stereocenters. The quantitative estimate of drug-likeness (QED) is 0.671. The highest BCUT2D eigenvalue weighted by Crippen LogP contribution is 2.17. The monoisotopic (exact) mass is 397 g/mol. The summed E-state index contributed by atoms with van der Waals surface area (Å²) in [6.45, 7) is 1.05. The van der Waals surface area contributed by atoms with E-state index in [2.05, 4.69) is 10.0 Å². The lowest BCUT2D eigenvalue weighted by molar-refractivity contribution is 0.102. The van der Waals surface area contributed by atoms with Gasteiger partial charge in [-0.1, -0.05) is 0 Å². The van der Waals surface area contributed by atoms with E-state index in [9.17, 15) is 22.0 Å². The van der Waals surface area contributed by atoms with Crippen LogP contribution in [0, 0.1) is 11.6 Å². The molecule has 0 aliphatic carbocycles. The lowest BCUT2D eigenvalue weighted by atomic mass is 10.2. The van der Waals surface area contributed by atoms with Gasteiger partial charge in [-0.2, -0.15) is 0 Å². The Morgan fingerprint density at radius 1 is 1.07 bits per heavy atom. The number of nitrogens with one attached hydrogen (secondary N) is 2. The SMILES string of the molecule is CN(C)CCCNS(=O)(=O)c1ccc(C(=O)Nc2ccc(F)cc2F)cc1. The maximum atomic E-state index is 13.6. The van der Waals surface area contributed by atoms with Gasteiger partial charge in [-0.05, 0) is 63.5 Å². The Balaban J connectivity index is 2.02. The Morgan fingerprint density at radius 2 is 1.74 bits per heavy atom. The molecule has 2 N–H and O–H groups in total. The molecule has 0 radical (unpaired) electrons. The van der Waals surface area contributed by atoms with E-state index in [0.717, 1.165) is 18.7 Å². The van der Waals surface area contributed by atoms with Crippen LogP contribution in [0.4, 0.5) is 14.5 Å². The van der Waals surface area contributed by atoms with Crippen LogP contribution in [0.3, 0.4) is 0 Å². The van der Waals surface area contributed by atoms with Crippen molar-refractivity contribution < 1.29 is 22.0 Å². The molecular formula is C18H21F2N3O3S. The average molecular weight is 397 g/mol. The Bertz CT molecular complexity index is 901. The molecule has 0 heterocycles. The Hall–Kier alpha value is -2.36. The van der Waals surface area contributed by atoms with Crippen molar-refractivity contribution in [1.29, 1.82) is 0 Å². The van der Waals surface area contributed by atoms with Crippen molar-refractivity contribution in [3.05, 3.63) is 59.7 Å². The molecule has 0 aliphatic rings. The maximum absolute atomic E-state index is 13.6. The second-order valence-corrected chi connectivity index (χ2v) is 7.92. The molecular weight excluding hydrogens is 376 g/mol. The fourth-order valence-corrected chi connectivity index (χ4v) is 3.33. The van der Waals surface area contributed by atoms with Gasteiger partial charge in [0.2, 0.25) is 10.0 Å². The number of hydrogen-bond acceptors (Lipinski definition) is 4. The normalized spacial score (nSPS) is 11.6. The van der Waals surface area contributed by atoms with Crippen LogP contribution in [0.5, 0.6) is 0 Å².